The molecule has 9 heterocycles. The largest absolute Gasteiger partial charge is 0.355 e. The summed E-state index contributed by atoms with van der Waals surface area (Å²) in [7, 11) is 8.18. The molecule has 0 fully saturated rings. The molecule has 8 bridgehead atoms. The summed E-state index contributed by atoms with van der Waals surface area (Å²) in [5.41, 5.74) is 16.0. The number of hydrogen-bond acceptors (Lipinski definition) is 2. The van der Waals surface area contributed by atoms with E-state index in [1.807, 2.05) is 28.2 Å². The Balaban J connectivity index is 1.53. The van der Waals surface area contributed by atoms with E-state index in [-0.39, 0.29) is 0 Å². The van der Waals surface area contributed by atoms with Crippen molar-refractivity contribution in [1.82, 2.24) is 19.9 Å². The van der Waals surface area contributed by atoms with Crippen molar-refractivity contribution in [2.24, 2.45) is 28.2 Å². The minimum absolute atomic E-state index is 0.869. The zero-order valence-corrected chi connectivity index (χ0v) is 29.5. The fourth-order valence-electron chi connectivity index (χ4n) is 7.03. The molecule has 8 nitrogen and oxygen atoms in total. The third-order valence-corrected chi connectivity index (χ3v) is 9.71. The van der Waals surface area contributed by atoms with E-state index in [1.54, 1.807) is 0 Å². The summed E-state index contributed by atoms with van der Waals surface area (Å²) in [6.45, 7) is 0. The molecule has 0 spiro atoms. The van der Waals surface area contributed by atoms with E-state index in [2.05, 4.69) is 175 Å². The lowest BCUT2D eigenvalue weighted by Crippen LogP contribution is -2.26. The van der Waals surface area contributed by atoms with Gasteiger partial charge in [0.15, 0.2) is 49.6 Å². The summed E-state index contributed by atoms with van der Waals surface area (Å²) in [6, 6.07) is 28.0. The smallest absolute Gasteiger partial charge is 0.169 e. The first kappa shape index (κ1) is 31.2. The topological polar surface area (TPSA) is 72.9 Å². The van der Waals surface area contributed by atoms with Crippen molar-refractivity contribution in [3.8, 4) is 33.4 Å². The second kappa shape index (κ2) is 12.5. The van der Waals surface area contributed by atoms with Crippen LogP contribution in [0.3, 0.4) is 0 Å². The van der Waals surface area contributed by atoms with Gasteiger partial charge in [-0.3, -0.25) is 0 Å². The SMILES string of the molecule is C[n+]1ccc(C2=Cc3cc4ccc(cc5nc(cc6[nH]c(c(-c7cc[n+](C)cc7)c2n3)c(-c2cc[n+](C)cc2)c6-c2cc[n+](C)cc2)C=C5)[nH]4)cc1. The Kier molecular flexibility index (Phi) is 7.51. The molecule has 0 radical (unpaired) electrons. The number of hydrogen-bond donors (Lipinski definition) is 2. The number of fused-ring (bicyclic) bond motifs is 8. The summed E-state index contributed by atoms with van der Waals surface area (Å²) in [5.74, 6) is 0. The van der Waals surface area contributed by atoms with Gasteiger partial charge in [0.2, 0.25) is 0 Å². The quantitative estimate of drug-likeness (QED) is 0.213. The van der Waals surface area contributed by atoms with Crippen LogP contribution in [0.4, 0.5) is 0 Å². The van der Waals surface area contributed by atoms with Gasteiger partial charge >= 0.3 is 0 Å². The Morgan fingerprint density at radius 1 is 0.442 bits per heavy atom. The molecule has 0 atom stereocenters. The van der Waals surface area contributed by atoms with E-state index >= 15 is 0 Å². The maximum atomic E-state index is 5.47. The van der Waals surface area contributed by atoms with Crippen molar-refractivity contribution in [3.63, 3.8) is 0 Å². The van der Waals surface area contributed by atoms with Crippen LogP contribution in [0.25, 0.3) is 79.2 Å². The van der Waals surface area contributed by atoms with Gasteiger partial charge in [-0.25, -0.2) is 28.2 Å². The zero-order valence-electron chi connectivity index (χ0n) is 29.5. The van der Waals surface area contributed by atoms with E-state index in [1.165, 1.54) is 0 Å². The first-order chi connectivity index (χ1) is 25.3. The molecular weight excluding hydrogens is 641 g/mol. The van der Waals surface area contributed by atoms with E-state index in [9.17, 15) is 0 Å². The summed E-state index contributed by atoms with van der Waals surface area (Å²) >= 11 is 0. The molecule has 0 unspecified atom stereocenters. The Morgan fingerprint density at radius 3 is 1.46 bits per heavy atom. The van der Waals surface area contributed by atoms with Crippen molar-refractivity contribution in [2.45, 2.75) is 0 Å². The molecular formula is C44H38N8+4. The highest BCUT2D eigenvalue weighted by molar-refractivity contribution is 6.10. The van der Waals surface area contributed by atoms with Crippen LogP contribution in [-0.2, 0) is 28.2 Å². The minimum atomic E-state index is 0.869. The Morgan fingerprint density at radius 2 is 0.904 bits per heavy atom. The molecule has 0 amide bonds. The molecule has 9 rings (SSSR count). The van der Waals surface area contributed by atoms with Gasteiger partial charge in [-0.1, -0.05) is 0 Å². The summed E-state index contributed by atoms with van der Waals surface area (Å²) < 4.78 is 8.26. The van der Waals surface area contributed by atoms with Crippen LogP contribution in [0.15, 0.2) is 128 Å². The van der Waals surface area contributed by atoms with Crippen LogP contribution in [0.5, 0.6) is 0 Å². The molecule has 2 aliphatic heterocycles. The molecule has 2 aliphatic rings. The van der Waals surface area contributed by atoms with Crippen LogP contribution in [0.1, 0.15) is 28.3 Å². The standard InChI is InChI=1S/C44H36N8/c1-49-17-9-29(10-18-49)38-27-37-26-35-6-5-33(45-35)25-34-7-8-36(46-34)28-39-40(30-11-19-50(2)20-12-30)41(31-13-21-51(3)22-14-31)44(48-39)42(43(38)47-37)32-15-23-52(4)24-16-32/h5-28H,1-4H3/q+2/p+2. The Hall–Kier alpha value is -6.80. The van der Waals surface area contributed by atoms with Gasteiger partial charge in [-0.05, 0) is 70.8 Å². The lowest BCUT2D eigenvalue weighted by atomic mass is 9.92. The van der Waals surface area contributed by atoms with Gasteiger partial charge in [0.1, 0.15) is 28.2 Å². The molecule has 52 heavy (non-hydrogen) atoms. The van der Waals surface area contributed by atoms with Gasteiger partial charge in [-0.2, -0.15) is 0 Å². The highest BCUT2D eigenvalue weighted by Gasteiger charge is 2.25. The van der Waals surface area contributed by atoms with E-state index in [0.29, 0.717) is 0 Å². The predicted molar refractivity (Wildman–Crippen MR) is 204 cm³/mol. The molecule has 250 valence electrons. The van der Waals surface area contributed by atoms with E-state index in [0.717, 1.165) is 89.4 Å². The van der Waals surface area contributed by atoms with Gasteiger partial charge in [0.25, 0.3) is 0 Å². The predicted octanol–water partition coefficient (Wildman–Crippen LogP) is 6.37. The number of aromatic amines is 2. The first-order valence-electron chi connectivity index (χ1n) is 17.4. The lowest BCUT2D eigenvalue weighted by molar-refractivity contribution is -0.671. The maximum Gasteiger partial charge on any atom is 0.169 e. The number of nitrogens with one attached hydrogen (secondary N) is 2. The zero-order chi connectivity index (χ0) is 35.3. The molecule has 0 saturated carbocycles. The van der Waals surface area contributed by atoms with Crippen LogP contribution < -0.4 is 18.3 Å². The normalized spacial score (nSPS) is 12.3. The van der Waals surface area contributed by atoms with Crippen LogP contribution in [0, 0.1) is 0 Å². The van der Waals surface area contributed by atoms with Gasteiger partial charge in [-0.15, -0.1) is 0 Å². The van der Waals surface area contributed by atoms with Crippen molar-refractivity contribution in [1.29, 1.82) is 0 Å². The monoisotopic (exact) mass is 678 g/mol. The van der Waals surface area contributed by atoms with Crippen molar-refractivity contribution in [2.75, 3.05) is 0 Å². The van der Waals surface area contributed by atoms with E-state index < -0.39 is 0 Å². The van der Waals surface area contributed by atoms with Crippen LogP contribution in [-0.4, -0.2) is 19.9 Å². The molecule has 0 saturated heterocycles. The molecule has 2 N–H and O–H groups in total. The molecule has 7 aromatic heterocycles. The molecule has 0 aromatic carbocycles. The Labute approximate surface area is 301 Å². The van der Waals surface area contributed by atoms with Crippen LogP contribution in [0.2, 0.25) is 0 Å². The summed E-state index contributed by atoms with van der Waals surface area (Å²) in [4.78, 5) is 18.1. The number of aryl methyl sites for hydroxylation is 4. The second-order valence-electron chi connectivity index (χ2n) is 13.6. The second-order valence-corrected chi connectivity index (χ2v) is 13.6. The minimum Gasteiger partial charge on any atom is -0.355 e. The third-order valence-electron chi connectivity index (χ3n) is 9.71. The number of pyridine rings is 4. The summed E-state index contributed by atoms with van der Waals surface area (Å²) in [6.07, 6.45) is 23.1. The fraction of sp³-hybridized carbons (Fsp3) is 0.0909. The number of rotatable bonds is 4. The molecule has 0 aliphatic carbocycles. The van der Waals surface area contributed by atoms with Gasteiger partial charge < -0.3 is 9.97 Å². The van der Waals surface area contributed by atoms with E-state index in [4.69, 9.17) is 9.97 Å². The first-order valence-corrected chi connectivity index (χ1v) is 17.4. The van der Waals surface area contributed by atoms with Crippen molar-refractivity contribution < 1.29 is 18.3 Å². The highest BCUT2D eigenvalue weighted by Crippen LogP contribution is 2.45. The van der Waals surface area contributed by atoms with Gasteiger partial charge in [0, 0.05) is 87.3 Å². The van der Waals surface area contributed by atoms with Crippen LogP contribution >= 0.6 is 0 Å². The highest BCUT2D eigenvalue weighted by atomic mass is 14.9. The average molecular weight is 679 g/mol. The summed E-state index contributed by atoms with van der Waals surface area (Å²) in [5, 5.41) is 0. The molecule has 8 heteroatoms. The lowest BCUT2D eigenvalue weighted by Gasteiger charge is -2.11. The fourth-order valence-corrected chi connectivity index (χ4v) is 7.03. The molecule has 7 aromatic rings. The van der Waals surface area contributed by atoms with Crippen molar-refractivity contribution >= 4 is 45.9 Å². The average Bonchev–Trinajstić information content (AvgIpc) is 3.95. The third kappa shape index (κ3) is 5.80. The Bertz CT molecular complexity index is 2730. The van der Waals surface area contributed by atoms with Crippen molar-refractivity contribution in [3.05, 3.63) is 157 Å². The van der Waals surface area contributed by atoms with Gasteiger partial charge in [0.05, 0.1) is 28.3 Å². The number of nitrogens with zero attached hydrogens (tertiary/aromatic N) is 6. The number of H-pyrrole nitrogens is 2. The number of aromatic nitrogens is 8. The maximum absolute atomic E-state index is 5.47.